The summed E-state index contributed by atoms with van der Waals surface area (Å²) in [6, 6.07) is 11.0. The first-order chi connectivity index (χ1) is 16.0. The maximum absolute atomic E-state index is 13.9. The molecule has 3 atom stereocenters. The third kappa shape index (κ3) is 5.08. The van der Waals surface area contributed by atoms with Gasteiger partial charge in [0.2, 0.25) is 0 Å². The van der Waals surface area contributed by atoms with E-state index >= 15 is 0 Å². The fraction of sp³-hybridized carbons (Fsp3) is 0.444. The first-order valence-electron chi connectivity index (χ1n) is 11.4. The van der Waals surface area contributed by atoms with E-state index in [2.05, 4.69) is 16.6 Å². The monoisotopic (exact) mass is 468 g/mol. The number of hydrogen-bond donors (Lipinski definition) is 3. The number of ether oxygens (including phenoxy) is 1. The minimum atomic E-state index is -1.10. The van der Waals surface area contributed by atoms with E-state index < -0.39 is 40.9 Å². The van der Waals surface area contributed by atoms with Crippen LogP contribution in [0.15, 0.2) is 42.5 Å². The first-order valence-corrected chi connectivity index (χ1v) is 11.4. The summed E-state index contributed by atoms with van der Waals surface area (Å²) in [6.07, 6.45) is 5.93. The molecule has 2 aliphatic rings. The SMILES string of the molecule is C#Cc1cccc(C2(NC[C@@H](O)C3(NC(=O)OC(C)(C)C)CC3c3cc(F)cc(F)c3)CC2)c1. The number of carbonyl (C=O) groups is 1. The number of terminal acetylenes is 1. The highest BCUT2D eigenvalue weighted by molar-refractivity contribution is 5.70. The summed E-state index contributed by atoms with van der Waals surface area (Å²) in [5.74, 6) is 0.778. The Kier molecular flexibility index (Phi) is 6.17. The highest BCUT2D eigenvalue weighted by atomic mass is 19.1. The molecule has 4 rings (SSSR count). The average molecular weight is 469 g/mol. The lowest BCUT2D eigenvalue weighted by atomic mass is 9.98. The van der Waals surface area contributed by atoms with Gasteiger partial charge in [-0.2, -0.15) is 0 Å². The van der Waals surface area contributed by atoms with Crippen molar-refractivity contribution in [2.24, 2.45) is 0 Å². The molecule has 180 valence electrons. The predicted molar refractivity (Wildman–Crippen MR) is 125 cm³/mol. The topological polar surface area (TPSA) is 70.6 Å². The minimum absolute atomic E-state index is 0.171. The number of benzene rings is 2. The van der Waals surface area contributed by atoms with Crippen LogP contribution in [-0.2, 0) is 10.3 Å². The zero-order valence-electron chi connectivity index (χ0n) is 19.6. The third-order valence-electron chi connectivity index (χ3n) is 6.58. The molecular weight excluding hydrogens is 438 g/mol. The van der Waals surface area contributed by atoms with Gasteiger partial charge in [-0.1, -0.05) is 18.1 Å². The molecular formula is C27H30F2N2O3. The van der Waals surface area contributed by atoms with Crippen molar-refractivity contribution >= 4 is 6.09 Å². The summed E-state index contributed by atoms with van der Waals surface area (Å²) in [5.41, 5.74) is 0.0795. The van der Waals surface area contributed by atoms with E-state index in [-0.39, 0.29) is 12.1 Å². The van der Waals surface area contributed by atoms with Crippen LogP contribution in [-0.4, -0.2) is 35.0 Å². The fourth-order valence-electron chi connectivity index (χ4n) is 4.63. The normalized spacial score (nSPS) is 23.5. The van der Waals surface area contributed by atoms with Gasteiger partial charge < -0.3 is 20.5 Å². The smallest absolute Gasteiger partial charge is 0.408 e. The molecule has 0 aliphatic heterocycles. The molecule has 1 amide bonds. The zero-order valence-corrected chi connectivity index (χ0v) is 19.6. The number of alkyl carbamates (subject to hydrolysis) is 1. The molecule has 2 aromatic carbocycles. The second-order valence-corrected chi connectivity index (χ2v) is 10.3. The van der Waals surface area contributed by atoms with Crippen molar-refractivity contribution < 1.29 is 23.4 Å². The van der Waals surface area contributed by atoms with Crippen molar-refractivity contribution in [1.29, 1.82) is 0 Å². The summed E-state index contributed by atoms with van der Waals surface area (Å²) in [7, 11) is 0. The van der Waals surface area contributed by atoms with Crippen molar-refractivity contribution in [3.63, 3.8) is 0 Å². The molecule has 2 aliphatic carbocycles. The van der Waals surface area contributed by atoms with E-state index in [9.17, 15) is 18.7 Å². The van der Waals surface area contributed by atoms with Crippen molar-refractivity contribution in [2.45, 2.75) is 68.7 Å². The van der Waals surface area contributed by atoms with Gasteiger partial charge in [0.25, 0.3) is 0 Å². The van der Waals surface area contributed by atoms with Crippen molar-refractivity contribution in [1.82, 2.24) is 10.6 Å². The van der Waals surface area contributed by atoms with Gasteiger partial charge >= 0.3 is 6.09 Å². The molecule has 2 saturated carbocycles. The van der Waals surface area contributed by atoms with Gasteiger partial charge in [0.1, 0.15) is 17.2 Å². The number of amides is 1. The van der Waals surface area contributed by atoms with Crippen LogP contribution in [0.3, 0.4) is 0 Å². The molecule has 2 fully saturated rings. The van der Waals surface area contributed by atoms with Crippen molar-refractivity contribution in [2.75, 3.05) is 6.54 Å². The zero-order chi connectivity index (χ0) is 24.7. The van der Waals surface area contributed by atoms with Gasteiger partial charge in [-0.15, -0.1) is 6.42 Å². The molecule has 0 bridgehead atoms. The standard InChI is InChI=1S/C27H30F2N2O3/c1-5-17-7-6-8-19(11-17)26(9-10-26)30-16-23(32)27(31-24(33)34-25(2,3)4)15-22(27)18-12-20(28)14-21(29)13-18/h1,6-8,11-14,22-23,30,32H,9-10,15-16H2,2-4H3,(H,31,33)/t22?,23-,27?/m1/s1. The van der Waals surface area contributed by atoms with Crippen LogP contribution in [0.4, 0.5) is 13.6 Å². The Morgan fingerprint density at radius 2 is 1.91 bits per heavy atom. The van der Waals surface area contributed by atoms with E-state index in [1.54, 1.807) is 20.8 Å². The summed E-state index contributed by atoms with van der Waals surface area (Å²) in [5, 5.41) is 17.5. The quantitative estimate of drug-likeness (QED) is 0.529. The molecule has 0 radical (unpaired) electrons. The van der Waals surface area contributed by atoms with Crippen LogP contribution in [0.2, 0.25) is 0 Å². The Morgan fingerprint density at radius 1 is 1.24 bits per heavy atom. The van der Waals surface area contributed by atoms with Crippen molar-refractivity contribution in [3.8, 4) is 12.3 Å². The lowest BCUT2D eigenvalue weighted by Crippen LogP contribution is -2.53. The molecule has 0 spiro atoms. The number of aliphatic hydroxyl groups is 1. The van der Waals surface area contributed by atoms with Crippen molar-refractivity contribution in [3.05, 3.63) is 70.8 Å². The molecule has 0 saturated heterocycles. The lowest BCUT2D eigenvalue weighted by molar-refractivity contribution is 0.0382. The average Bonchev–Trinajstić information content (AvgIpc) is 3.66. The van der Waals surface area contributed by atoms with Gasteiger partial charge in [0, 0.05) is 29.6 Å². The number of rotatable bonds is 7. The highest BCUT2D eigenvalue weighted by Crippen LogP contribution is 2.54. The van der Waals surface area contributed by atoms with Crippen LogP contribution in [0.25, 0.3) is 0 Å². The number of aliphatic hydroxyl groups excluding tert-OH is 1. The summed E-state index contributed by atoms with van der Waals surface area (Å²) >= 11 is 0. The van der Waals surface area contributed by atoms with Crippen LogP contribution in [0.5, 0.6) is 0 Å². The first kappa shape index (κ1) is 24.2. The van der Waals surface area contributed by atoms with Gasteiger partial charge in [-0.05, 0) is 75.4 Å². The second-order valence-electron chi connectivity index (χ2n) is 10.3. The molecule has 2 aromatic rings. The molecule has 0 aromatic heterocycles. The summed E-state index contributed by atoms with van der Waals surface area (Å²) < 4.78 is 33.1. The van der Waals surface area contributed by atoms with E-state index in [0.29, 0.717) is 12.0 Å². The van der Waals surface area contributed by atoms with E-state index in [0.717, 1.165) is 30.0 Å². The summed E-state index contributed by atoms with van der Waals surface area (Å²) in [6.45, 7) is 5.39. The van der Waals surface area contributed by atoms with E-state index in [1.165, 1.54) is 12.1 Å². The largest absolute Gasteiger partial charge is 0.444 e. The second kappa shape index (κ2) is 8.68. The minimum Gasteiger partial charge on any atom is -0.444 e. The number of carbonyl (C=O) groups excluding carboxylic acids is 1. The molecule has 0 heterocycles. The van der Waals surface area contributed by atoms with Crippen LogP contribution < -0.4 is 10.6 Å². The molecule has 2 unspecified atom stereocenters. The maximum atomic E-state index is 13.9. The molecule has 34 heavy (non-hydrogen) atoms. The highest BCUT2D eigenvalue weighted by Gasteiger charge is 2.61. The van der Waals surface area contributed by atoms with Gasteiger partial charge in [0.05, 0.1) is 11.6 Å². The Balaban J connectivity index is 1.53. The Hall–Kier alpha value is -2.95. The Morgan fingerprint density at radius 3 is 2.50 bits per heavy atom. The van der Waals surface area contributed by atoms with Crippen LogP contribution >= 0.6 is 0 Å². The number of nitrogens with one attached hydrogen (secondary N) is 2. The van der Waals surface area contributed by atoms with E-state index in [1.807, 2.05) is 24.3 Å². The molecule has 3 N–H and O–H groups in total. The number of halogens is 2. The van der Waals surface area contributed by atoms with E-state index in [4.69, 9.17) is 11.2 Å². The number of hydrogen-bond acceptors (Lipinski definition) is 4. The van der Waals surface area contributed by atoms with Gasteiger partial charge in [-0.3, -0.25) is 0 Å². The predicted octanol–water partition coefficient (Wildman–Crippen LogP) is 4.34. The van der Waals surface area contributed by atoms with Gasteiger partial charge in [-0.25, -0.2) is 13.6 Å². The lowest BCUT2D eigenvalue weighted by Gasteiger charge is -2.29. The molecule has 7 heteroatoms. The van der Waals surface area contributed by atoms with Crippen LogP contribution in [0, 0.1) is 24.0 Å². The third-order valence-corrected chi connectivity index (χ3v) is 6.58. The Labute approximate surface area is 198 Å². The maximum Gasteiger partial charge on any atom is 0.408 e. The van der Waals surface area contributed by atoms with Gasteiger partial charge in [0.15, 0.2) is 0 Å². The summed E-state index contributed by atoms with van der Waals surface area (Å²) in [4.78, 5) is 12.6. The molecule has 5 nitrogen and oxygen atoms in total. The fourth-order valence-corrected chi connectivity index (χ4v) is 4.63. The Bertz CT molecular complexity index is 1110. The van der Waals surface area contributed by atoms with Crippen LogP contribution in [0.1, 0.15) is 62.6 Å².